The van der Waals surface area contributed by atoms with E-state index in [0.717, 1.165) is 11.3 Å². The van der Waals surface area contributed by atoms with Gasteiger partial charge in [-0.05, 0) is 38.5 Å². The third-order valence-electron chi connectivity index (χ3n) is 3.07. The molecule has 1 aromatic carbocycles. The molecule has 0 aliphatic carbocycles. The number of rotatable bonds is 6. The van der Waals surface area contributed by atoms with Crippen molar-refractivity contribution in [2.75, 3.05) is 19.0 Å². The van der Waals surface area contributed by atoms with E-state index in [4.69, 9.17) is 5.11 Å². The van der Waals surface area contributed by atoms with Gasteiger partial charge in [-0.3, -0.25) is 0 Å². The van der Waals surface area contributed by atoms with Crippen molar-refractivity contribution in [2.45, 2.75) is 39.4 Å². The van der Waals surface area contributed by atoms with Crippen molar-refractivity contribution in [3.05, 3.63) is 29.8 Å². The molecule has 0 bridgehead atoms. The number of urea groups is 1. The zero-order valence-electron chi connectivity index (χ0n) is 12.7. The maximum absolute atomic E-state index is 11.9. The molecule has 0 spiro atoms. The normalized spacial score (nSPS) is 12.1. The van der Waals surface area contributed by atoms with Crippen molar-refractivity contribution in [1.82, 2.24) is 10.2 Å². The van der Waals surface area contributed by atoms with Gasteiger partial charge in [0.05, 0.1) is 12.6 Å². The van der Waals surface area contributed by atoms with E-state index < -0.39 is 0 Å². The highest BCUT2D eigenvalue weighted by molar-refractivity contribution is 5.74. The van der Waals surface area contributed by atoms with E-state index in [9.17, 15) is 4.79 Å². The van der Waals surface area contributed by atoms with E-state index in [2.05, 4.69) is 24.5 Å². The Morgan fingerprint density at radius 2 is 2.05 bits per heavy atom. The van der Waals surface area contributed by atoms with Crippen LogP contribution >= 0.6 is 0 Å². The zero-order chi connectivity index (χ0) is 15.1. The zero-order valence-corrected chi connectivity index (χ0v) is 12.7. The molecule has 1 rings (SSSR count). The minimum atomic E-state index is -0.191. The Balaban J connectivity index is 2.55. The Labute approximate surface area is 121 Å². The van der Waals surface area contributed by atoms with Gasteiger partial charge in [-0.1, -0.05) is 12.1 Å². The molecule has 1 atom stereocenters. The molecule has 0 fully saturated rings. The summed E-state index contributed by atoms with van der Waals surface area (Å²) in [5.74, 6) is 0. The minimum absolute atomic E-state index is 0.0439. The van der Waals surface area contributed by atoms with E-state index in [0.29, 0.717) is 12.6 Å². The van der Waals surface area contributed by atoms with E-state index in [-0.39, 0.29) is 18.7 Å². The number of benzene rings is 1. The van der Waals surface area contributed by atoms with Crippen LogP contribution in [0.15, 0.2) is 24.3 Å². The summed E-state index contributed by atoms with van der Waals surface area (Å²) in [5, 5.41) is 15.2. The van der Waals surface area contributed by atoms with E-state index in [1.54, 1.807) is 14.0 Å². The molecule has 0 heterocycles. The Hall–Kier alpha value is -1.75. The number of likely N-dealkylation sites (N-methyl/N-ethyl adjacent to an activating group) is 1. The number of anilines is 1. The SMILES string of the molecule is CC(C)Nc1cccc(CNC(=O)N(C)C(C)CO)c1. The number of carbonyl (C=O) groups excluding carboxylic acids is 1. The van der Waals surface area contributed by atoms with Gasteiger partial charge in [0, 0.05) is 25.3 Å². The molecule has 0 aliphatic rings. The summed E-state index contributed by atoms with van der Waals surface area (Å²) in [5.41, 5.74) is 2.08. The van der Waals surface area contributed by atoms with Crippen LogP contribution in [0, 0.1) is 0 Å². The molecule has 112 valence electrons. The monoisotopic (exact) mass is 279 g/mol. The molecule has 5 heteroatoms. The summed E-state index contributed by atoms with van der Waals surface area (Å²) in [7, 11) is 1.67. The van der Waals surface area contributed by atoms with Gasteiger partial charge in [-0.2, -0.15) is 0 Å². The van der Waals surface area contributed by atoms with E-state index in [1.807, 2.05) is 24.3 Å². The van der Waals surface area contributed by atoms with Crippen molar-refractivity contribution in [3.8, 4) is 0 Å². The summed E-state index contributed by atoms with van der Waals surface area (Å²) in [4.78, 5) is 13.4. The summed E-state index contributed by atoms with van der Waals surface area (Å²) in [6, 6.07) is 7.96. The van der Waals surface area contributed by atoms with Crippen LogP contribution in [0.3, 0.4) is 0 Å². The number of hydrogen-bond donors (Lipinski definition) is 3. The Morgan fingerprint density at radius 1 is 1.35 bits per heavy atom. The molecule has 0 radical (unpaired) electrons. The molecule has 0 aliphatic heterocycles. The maximum atomic E-state index is 11.9. The number of hydrogen-bond acceptors (Lipinski definition) is 3. The van der Waals surface area contributed by atoms with Crippen LogP contribution in [-0.2, 0) is 6.54 Å². The fourth-order valence-corrected chi connectivity index (χ4v) is 1.73. The van der Waals surface area contributed by atoms with Crippen LogP contribution in [0.1, 0.15) is 26.3 Å². The molecule has 20 heavy (non-hydrogen) atoms. The fourth-order valence-electron chi connectivity index (χ4n) is 1.73. The minimum Gasteiger partial charge on any atom is -0.394 e. The largest absolute Gasteiger partial charge is 0.394 e. The Kier molecular flexibility index (Phi) is 6.31. The number of aliphatic hydroxyl groups excluding tert-OH is 1. The molecular formula is C15H25N3O2. The lowest BCUT2D eigenvalue weighted by molar-refractivity contribution is 0.157. The second-order valence-electron chi connectivity index (χ2n) is 5.30. The molecule has 1 aromatic rings. The number of nitrogens with one attached hydrogen (secondary N) is 2. The van der Waals surface area contributed by atoms with E-state index in [1.165, 1.54) is 4.90 Å². The first-order valence-electron chi connectivity index (χ1n) is 6.91. The highest BCUT2D eigenvalue weighted by Crippen LogP contribution is 2.11. The highest BCUT2D eigenvalue weighted by Gasteiger charge is 2.14. The first kappa shape index (κ1) is 16.3. The molecule has 0 saturated carbocycles. The van der Waals surface area contributed by atoms with Crippen LogP contribution in [0.2, 0.25) is 0 Å². The average Bonchev–Trinajstić information content (AvgIpc) is 2.42. The quantitative estimate of drug-likeness (QED) is 0.746. The van der Waals surface area contributed by atoms with Crippen molar-refractivity contribution in [1.29, 1.82) is 0 Å². The van der Waals surface area contributed by atoms with Crippen molar-refractivity contribution < 1.29 is 9.90 Å². The first-order valence-corrected chi connectivity index (χ1v) is 6.91. The standard InChI is InChI=1S/C15H25N3O2/c1-11(2)17-14-7-5-6-13(8-14)9-16-15(20)18(4)12(3)10-19/h5-8,11-12,17,19H,9-10H2,1-4H3,(H,16,20). The lowest BCUT2D eigenvalue weighted by atomic mass is 10.2. The Bertz CT molecular complexity index is 435. The molecule has 0 saturated heterocycles. The molecule has 2 amide bonds. The number of carbonyl (C=O) groups is 1. The first-order chi connectivity index (χ1) is 9.43. The maximum Gasteiger partial charge on any atom is 0.317 e. The van der Waals surface area contributed by atoms with Gasteiger partial charge in [-0.25, -0.2) is 4.79 Å². The second kappa shape index (κ2) is 7.75. The second-order valence-corrected chi connectivity index (χ2v) is 5.30. The van der Waals surface area contributed by atoms with Crippen molar-refractivity contribution >= 4 is 11.7 Å². The van der Waals surface area contributed by atoms with Gasteiger partial charge in [0.15, 0.2) is 0 Å². The van der Waals surface area contributed by atoms with Crippen molar-refractivity contribution in [2.24, 2.45) is 0 Å². The number of amides is 2. The van der Waals surface area contributed by atoms with Crippen LogP contribution in [-0.4, -0.2) is 41.8 Å². The third kappa shape index (κ3) is 5.09. The predicted molar refractivity (Wildman–Crippen MR) is 81.7 cm³/mol. The van der Waals surface area contributed by atoms with Gasteiger partial charge < -0.3 is 20.6 Å². The molecular weight excluding hydrogens is 254 g/mol. The van der Waals surface area contributed by atoms with E-state index >= 15 is 0 Å². The van der Waals surface area contributed by atoms with Crippen LogP contribution in [0.25, 0.3) is 0 Å². The van der Waals surface area contributed by atoms with Crippen LogP contribution in [0.5, 0.6) is 0 Å². The van der Waals surface area contributed by atoms with Crippen LogP contribution in [0.4, 0.5) is 10.5 Å². The summed E-state index contributed by atoms with van der Waals surface area (Å²) < 4.78 is 0. The summed E-state index contributed by atoms with van der Waals surface area (Å²) in [6.07, 6.45) is 0. The molecule has 0 aromatic heterocycles. The smallest absolute Gasteiger partial charge is 0.317 e. The van der Waals surface area contributed by atoms with Crippen LogP contribution < -0.4 is 10.6 Å². The third-order valence-corrected chi connectivity index (χ3v) is 3.07. The van der Waals surface area contributed by atoms with Gasteiger partial charge in [-0.15, -0.1) is 0 Å². The fraction of sp³-hybridized carbons (Fsp3) is 0.533. The van der Waals surface area contributed by atoms with Gasteiger partial charge in [0.25, 0.3) is 0 Å². The summed E-state index contributed by atoms with van der Waals surface area (Å²) in [6.45, 7) is 6.39. The number of nitrogens with zero attached hydrogens (tertiary/aromatic N) is 1. The lowest BCUT2D eigenvalue weighted by Crippen LogP contribution is -2.43. The molecule has 5 nitrogen and oxygen atoms in total. The molecule has 3 N–H and O–H groups in total. The van der Waals surface area contributed by atoms with Gasteiger partial charge in [0.1, 0.15) is 0 Å². The molecule has 1 unspecified atom stereocenters. The van der Waals surface area contributed by atoms with Crippen molar-refractivity contribution in [3.63, 3.8) is 0 Å². The lowest BCUT2D eigenvalue weighted by Gasteiger charge is -2.23. The topological polar surface area (TPSA) is 64.6 Å². The highest BCUT2D eigenvalue weighted by atomic mass is 16.3. The predicted octanol–water partition coefficient (Wildman–Crippen LogP) is 2.03. The summed E-state index contributed by atoms with van der Waals surface area (Å²) >= 11 is 0. The van der Waals surface area contributed by atoms with Gasteiger partial charge in [0.2, 0.25) is 0 Å². The number of aliphatic hydroxyl groups is 1. The van der Waals surface area contributed by atoms with Gasteiger partial charge >= 0.3 is 6.03 Å². The average molecular weight is 279 g/mol. The Morgan fingerprint density at radius 3 is 2.65 bits per heavy atom.